The largest absolute Gasteiger partial charge is 0.466 e. The van der Waals surface area contributed by atoms with Gasteiger partial charge in [0, 0.05) is 19.5 Å². The Morgan fingerprint density at radius 1 is 1.23 bits per heavy atom. The summed E-state index contributed by atoms with van der Waals surface area (Å²) >= 11 is 0. The number of esters is 1. The lowest BCUT2D eigenvalue weighted by Crippen LogP contribution is -2.37. The number of benzene rings is 1. The SMILES string of the molecule is CCNC(=NCc1ccccc1C)NCCCC(=O)OCC. The molecule has 0 unspecified atom stereocenters. The first-order valence-corrected chi connectivity index (χ1v) is 7.89. The average molecular weight is 305 g/mol. The Balaban J connectivity index is 2.42. The van der Waals surface area contributed by atoms with E-state index in [1.165, 1.54) is 11.1 Å². The molecule has 0 atom stereocenters. The van der Waals surface area contributed by atoms with E-state index in [0.29, 0.717) is 26.1 Å². The summed E-state index contributed by atoms with van der Waals surface area (Å²) in [4.78, 5) is 15.8. The van der Waals surface area contributed by atoms with Gasteiger partial charge in [0.25, 0.3) is 0 Å². The van der Waals surface area contributed by atoms with Gasteiger partial charge in [0.1, 0.15) is 0 Å². The second-order valence-corrected chi connectivity index (χ2v) is 4.96. The molecule has 0 saturated heterocycles. The highest BCUT2D eigenvalue weighted by molar-refractivity contribution is 5.79. The van der Waals surface area contributed by atoms with Gasteiger partial charge in [-0.3, -0.25) is 4.79 Å². The highest BCUT2D eigenvalue weighted by atomic mass is 16.5. The highest BCUT2D eigenvalue weighted by Gasteiger charge is 2.02. The van der Waals surface area contributed by atoms with Gasteiger partial charge in [-0.15, -0.1) is 0 Å². The maximum atomic E-state index is 11.3. The lowest BCUT2D eigenvalue weighted by Gasteiger charge is -2.11. The molecule has 2 N–H and O–H groups in total. The fourth-order valence-corrected chi connectivity index (χ4v) is 1.97. The van der Waals surface area contributed by atoms with E-state index in [4.69, 9.17) is 4.74 Å². The number of hydrogen-bond donors (Lipinski definition) is 2. The third-order valence-electron chi connectivity index (χ3n) is 3.17. The van der Waals surface area contributed by atoms with Gasteiger partial charge in [-0.2, -0.15) is 0 Å². The van der Waals surface area contributed by atoms with E-state index >= 15 is 0 Å². The van der Waals surface area contributed by atoms with Crippen molar-refractivity contribution in [1.82, 2.24) is 10.6 Å². The Kier molecular flexibility index (Phi) is 8.72. The number of aryl methyl sites for hydroxylation is 1. The van der Waals surface area contributed by atoms with Crippen LogP contribution in [0, 0.1) is 6.92 Å². The molecule has 0 heterocycles. The Hall–Kier alpha value is -2.04. The van der Waals surface area contributed by atoms with Crippen molar-refractivity contribution in [2.45, 2.75) is 40.2 Å². The molecule has 1 aromatic rings. The van der Waals surface area contributed by atoms with Crippen molar-refractivity contribution in [1.29, 1.82) is 0 Å². The molecule has 0 aliphatic carbocycles. The van der Waals surface area contributed by atoms with Crippen LogP contribution < -0.4 is 10.6 Å². The standard InChI is InChI=1S/C17H27N3O2/c1-4-18-17(19-12-8-11-16(21)22-5-2)20-13-15-10-7-6-9-14(15)3/h6-7,9-10H,4-5,8,11-13H2,1-3H3,(H2,18,19,20). The van der Waals surface area contributed by atoms with Crippen molar-refractivity contribution in [3.63, 3.8) is 0 Å². The molecule has 1 rings (SSSR count). The molecular weight excluding hydrogens is 278 g/mol. The number of aliphatic imine (C=N–C) groups is 1. The predicted octanol–water partition coefficient (Wildman–Crippen LogP) is 2.39. The zero-order valence-electron chi connectivity index (χ0n) is 13.8. The van der Waals surface area contributed by atoms with Crippen molar-refractivity contribution in [2.24, 2.45) is 4.99 Å². The van der Waals surface area contributed by atoms with Crippen molar-refractivity contribution >= 4 is 11.9 Å². The fourth-order valence-electron chi connectivity index (χ4n) is 1.97. The van der Waals surface area contributed by atoms with Gasteiger partial charge < -0.3 is 15.4 Å². The lowest BCUT2D eigenvalue weighted by atomic mass is 10.1. The normalized spacial score (nSPS) is 11.1. The molecule has 0 bridgehead atoms. The van der Waals surface area contributed by atoms with Crippen LogP contribution in [-0.2, 0) is 16.1 Å². The number of hydrogen-bond acceptors (Lipinski definition) is 3. The number of carbonyl (C=O) groups excluding carboxylic acids is 1. The summed E-state index contributed by atoms with van der Waals surface area (Å²) in [6, 6.07) is 8.23. The fraction of sp³-hybridized carbons (Fsp3) is 0.529. The van der Waals surface area contributed by atoms with E-state index in [9.17, 15) is 4.79 Å². The summed E-state index contributed by atoms with van der Waals surface area (Å²) in [7, 11) is 0. The molecule has 0 spiro atoms. The van der Waals surface area contributed by atoms with Gasteiger partial charge in [-0.25, -0.2) is 4.99 Å². The maximum Gasteiger partial charge on any atom is 0.305 e. The second kappa shape index (κ2) is 10.7. The number of carbonyl (C=O) groups is 1. The molecular formula is C17H27N3O2. The van der Waals surface area contributed by atoms with Crippen LogP contribution in [0.15, 0.2) is 29.3 Å². The number of rotatable bonds is 8. The predicted molar refractivity (Wildman–Crippen MR) is 89.9 cm³/mol. The van der Waals surface area contributed by atoms with Crippen LogP contribution in [0.3, 0.4) is 0 Å². The van der Waals surface area contributed by atoms with Crippen LogP contribution in [0.1, 0.15) is 37.8 Å². The first kappa shape index (κ1) is 18.0. The molecule has 0 aromatic heterocycles. The summed E-state index contributed by atoms with van der Waals surface area (Å²) in [6.45, 7) is 8.51. The van der Waals surface area contributed by atoms with Crippen molar-refractivity contribution in [3.8, 4) is 0 Å². The molecule has 0 aliphatic rings. The number of nitrogens with zero attached hydrogens (tertiary/aromatic N) is 1. The first-order chi connectivity index (χ1) is 10.7. The van der Waals surface area contributed by atoms with Gasteiger partial charge in [0.2, 0.25) is 0 Å². The lowest BCUT2D eigenvalue weighted by molar-refractivity contribution is -0.143. The molecule has 0 aliphatic heterocycles. The van der Waals surface area contributed by atoms with Gasteiger partial charge in [-0.1, -0.05) is 24.3 Å². The van der Waals surface area contributed by atoms with Crippen LogP contribution in [-0.4, -0.2) is 31.6 Å². The van der Waals surface area contributed by atoms with E-state index in [0.717, 1.165) is 18.9 Å². The number of guanidine groups is 1. The molecule has 0 fully saturated rings. The molecule has 122 valence electrons. The van der Waals surface area contributed by atoms with E-state index in [1.807, 2.05) is 26.0 Å². The van der Waals surface area contributed by atoms with Crippen molar-refractivity contribution in [3.05, 3.63) is 35.4 Å². The number of ether oxygens (including phenoxy) is 1. The summed E-state index contributed by atoms with van der Waals surface area (Å²) in [5.74, 6) is 0.626. The molecule has 0 amide bonds. The Morgan fingerprint density at radius 3 is 2.68 bits per heavy atom. The monoisotopic (exact) mass is 305 g/mol. The first-order valence-electron chi connectivity index (χ1n) is 7.89. The topological polar surface area (TPSA) is 62.7 Å². The second-order valence-electron chi connectivity index (χ2n) is 4.96. The minimum absolute atomic E-state index is 0.147. The summed E-state index contributed by atoms with van der Waals surface area (Å²) < 4.78 is 4.90. The zero-order chi connectivity index (χ0) is 16.2. The molecule has 0 saturated carbocycles. The quantitative estimate of drug-likeness (QED) is 0.335. The van der Waals surface area contributed by atoms with Gasteiger partial charge >= 0.3 is 5.97 Å². The molecule has 5 heteroatoms. The Labute approximate surface area is 133 Å². The smallest absolute Gasteiger partial charge is 0.305 e. The number of nitrogens with one attached hydrogen (secondary N) is 2. The van der Waals surface area contributed by atoms with Crippen LogP contribution in [0.5, 0.6) is 0 Å². The highest BCUT2D eigenvalue weighted by Crippen LogP contribution is 2.07. The van der Waals surface area contributed by atoms with Crippen LogP contribution in [0.25, 0.3) is 0 Å². The molecule has 5 nitrogen and oxygen atoms in total. The third-order valence-corrected chi connectivity index (χ3v) is 3.17. The van der Waals surface area contributed by atoms with E-state index in [-0.39, 0.29) is 5.97 Å². The Morgan fingerprint density at radius 2 is 2.00 bits per heavy atom. The van der Waals surface area contributed by atoms with Gasteiger partial charge in [0.05, 0.1) is 13.2 Å². The zero-order valence-corrected chi connectivity index (χ0v) is 13.8. The minimum atomic E-state index is -0.147. The minimum Gasteiger partial charge on any atom is -0.466 e. The van der Waals surface area contributed by atoms with Crippen LogP contribution in [0.4, 0.5) is 0 Å². The van der Waals surface area contributed by atoms with Crippen LogP contribution in [0.2, 0.25) is 0 Å². The molecule has 0 radical (unpaired) electrons. The van der Waals surface area contributed by atoms with Crippen LogP contribution >= 0.6 is 0 Å². The summed E-state index contributed by atoms with van der Waals surface area (Å²) in [5.41, 5.74) is 2.45. The van der Waals surface area contributed by atoms with E-state index in [2.05, 4.69) is 34.7 Å². The van der Waals surface area contributed by atoms with Gasteiger partial charge in [0.15, 0.2) is 5.96 Å². The Bertz CT molecular complexity index is 487. The van der Waals surface area contributed by atoms with Gasteiger partial charge in [-0.05, 0) is 38.3 Å². The van der Waals surface area contributed by atoms with E-state index < -0.39 is 0 Å². The van der Waals surface area contributed by atoms with Crippen molar-refractivity contribution < 1.29 is 9.53 Å². The molecule has 22 heavy (non-hydrogen) atoms. The summed E-state index contributed by atoms with van der Waals surface area (Å²) in [6.07, 6.45) is 1.16. The van der Waals surface area contributed by atoms with E-state index in [1.54, 1.807) is 0 Å². The molecule has 1 aromatic carbocycles. The average Bonchev–Trinajstić information content (AvgIpc) is 2.50. The third kappa shape index (κ3) is 7.11. The van der Waals surface area contributed by atoms with Crippen molar-refractivity contribution in [2.75, 3.05) is 19.7 Å². The maximum absolute atomic E-state index is 11.3. The summed E-state index contributed by atoms with van der Waals surface area (Å²) in [5, 5.41) is 6.45.